The van der Waals surface area contributed by atoms with Crippen molar-refractivity contribution < 1.29 is 4.74 Å². The molecule has 1 atom stereocenters. The Labute approximate surface area is 130 Å². The highest BCUT2D eigenvalue weighted by atomic mass is 79.9. The summed E-state index contributed by atoms with van der Waals surface area (Å²) in [7, 11) is 0. The fourth-order valence-corrected chi connectivity index (χ4v) is 2.53. The highest BCUT2D eigenvalue weighted by Gasteiger charge is 2.10. The quantitative estimate of drug-likeness (QED) is 0.776. The van der Waals surface area contributed by atoms with Crippen LogP contribution in [0.5, 0.6) is 11.5 Å². The second-order valence-corrected chi connectivity index (χ2v) is 5.97. The normalized spacial score (nSPS) is 12.3. The average molecular weight is 361 g/mol. The summed E-state index contributed by atoms with van der Waals surface area (Å²) < 4.78 is 6.75. The van der Waals surface area contributed by atoms with Crippen molar-refractivity contribution in [3.05, 3.63) is 56.5 Å². The minimum atomic E-state index is -0.127. The van der Waals surface area contributed by atoms with Crippen molar-refractivity contribution in [1.82, 2.24) is 0 Å². The molecule has 19 heavy (non-hydrogen) atoms. The summed E-state index contributed by atoms with van der Waals surface area (Å²) in [5, 5.41) is 1.06. The predicted molar refractivity (Wildman–Crippen MR) is 83.3 cm³/mol. The Morgan fingerprint density at radius 1 is 1.11 bits per heavy atom. The third-order valence-electron chi connectivity index (χ3n) is 2.53. The first-order valence-electron chi connectivity index (χ1n) is 5.64. The molecule has 2 rings (SSSR count). The SMILES string of the molecule is CC(N)c1ccc(Br)cc1Oc1cc(Cl)cc(Cl)c1. The first-order valence-corrected chi connectivity index (χ1v) is 7.19. The lowest BCUT2D eigenvalue weighted by atomic mass is 10.1. The maximum atomic E-state index is 5.95. The van der Waals surface area contributed by atoms with Gasteiger partial charge in [-0.3, -0.25) is 0 Å². The lowest BCUT2D eigenvalue weighted by Crippen LogP contribution is -2.06. The summed E-state index contributed by atoms with van der Waals surface area (Å²) in [6, 6.07) is 10.7. The van der Waals surface area contributed by atoms with Crippen LogP contribution in [-0.2, 0) is 0 Å². The van der Waals surface area contributed by atoms with E-state index in [0.29, 0.717) is 21.5 Å². The molecule has 5 heteroatoms. The van der Waals surface area contributed by atoms with Crippen molar-refractivity contribution in [3.8, 4) is 11.5 Å². The van der Waals surface area contributed by atoms with Gasteiger partial charge in [0.1, 0.15) is 11.5 Å². The summed E-state index contributed by atoms with van der Waals surface area (Å²) in [4.78, 5) is 0. The molecular formula is C14H12BrCl2NO. The zero-order valence-corrected chi connectivity index (χ0v) is 13.3. The molecule has 0 aliphatic carbocycles. The smallest absolute Gasteiger partial charge is 0.133 e. The van der Waals surface area contributed by atoms with Gasteiger partial charge in [0.15, 0.2) is 0 Å². The van der Waals surface area contributed by atoms with Gasteiger partial charge in [0, 0.05) is 26.1 Å². The lowest BCUT2D eigenvalue weighted by Gasteiger charge is -2.14. The topological polar surface area (TPSA) is 35.2 Å². The fourth-order valence-electron chi connectivity index (χ4n) is 1.69. The summed E-state index contributed by atoms with van der Waals surface area (Å²) in [6.07, 6.45) is 0. The molecule has 2 aromatic rings. The second kappa shape index (κ2) is 6.14. The standard InChI is InChI=1S/C14H12BrCl2NO/c1-8(18)13-3-2-9(15)4-14(13)19-12-6-10(16)5-11(17)7-12/h2-8H,18H2,1H3. The van der Waals surface area contributed by atoms with E-state index in [-0.39, 0.29) is 6.04 Å². The predicted octanol–water partition coefficient (Wildman–Crippen LogP) is 5.57. The van der Waals surface area contributed by atoms with Gasteiger partial charge in [-0.05, 0) is 37.3 Å². The van der Waals surface area contributed by atoms with Crippen molar-refractivity contribution in [3.63, 3.8) is 0 Å². The van der Waals surface area contributed by atoms with Crippen molar-refractivity contribution in [2.24, 2.45) is 5.73 Å². The van der Waals surface area contributed by atoms with Crippen LogP contribution < -0.4 is 10.5 Å². The Bertz CT molecular complexity index is 582. The van der Waals surface area contributed by atoms with Crippen LogP contribution >= 0.6 is 39.1 Å². The van der Waals surface area contributed by atoms with Gasteiger partial charge in [-0.25, -0.2) is 0 Å². The lowest BCUT2D eigenvalue weighted by molar-refractivity contribution is 0.472. The van der Waals surface area contributed by atoms with E-state index < -0.39 is 0 Å². The molecule has 0 aromatic heterocycles. The zero-order valence-electron chi connectivity index (χ0n) is 10.2. The molecular weight excluding hydrogens is 349 g/mol. The number of rotatable bonds is 3. The molecule has 0 spiro atoms. The molecule has 1 unspecified atom stereocenters. The monoisotopic (exact) mass is 359 g/mol. The van der Waals surface area contributed by atoms with Crippen LogP contribution in [0, 0.1) is 0 Å². The van der Waals surface area contributed by atoms with E-state index in [2.05, 4.69) is 15.9 Å². The van der Waals surface area contributed by atoms with Gasteiger partial charge >= 0.3 is 0 Å². The summed E-state index contributed by atoms with van der Waals surface area (Å²) in [5.41, 5.74) is 6.85. The first-order chi connectivity index (χ1) is 8.95. The zero-order chi connectivity index (χ0) is 14.0. The molecule has 0 aliphatic heterocycles. The molecule has 2 nitrogen and oxygen atoms in total. The van der Waals surface area contributed by atoms with Crippen LogP contribution in [0.15, 0.2) is 40.9 Å². The molecule has 0 bridgehead atoms. The summed E-state index contributed by atoms with van der Waals surface area (Å²) in [5.74, 6) is 1.26. The molecule has 0 fully saturated rings. The van der Waals surface area contributed by atoms with Crippen LogP contribution in [0.4, 0.5) is 0 Å². The highest BCUT2D eigenvalue weighted by molar-refractivity contribution is 9.10. The van der Waals surface area contributed by atoms with Gasteiger partial charge in [-0.15, -0.1) is 0 Å². The van der Waals surface area contributed by atoms with E-state index in [9.17, 15) is 0 Å². The third kappa shape index (κ3) is 3.86. The third-order valence-corrected chi connectivity index (χ3v) is 3.46. The van der Waals surface area contributed by atoms with Gasteiger partial charge in [0.25, 0.3) is 0 Å². The highest BCUT2D eigenvalue weighted by Crippen LogP contribution is 2.33. The number of nitrogens with two attached hydrogens (primary N) is 1. The Morgan fingerprint density at radius 3 is 2.32 bits per heavy atom. The van der Waals surface area contributed by atoms with Gasteiger partial charge in [0.2, 0.25) is 0 Å². The van der Waals surface area contributed by atoms with Gasteiger partial charge in [0.05, 0.1) is 0 Å². The number of halogens is 3. The van der Waals surface area contributed by atoms with Crippen molar-refractivity contribution in [2.75, 3.05) is 0 Å². The maximum Gasteiger partial charge on any atom is 0.133 e. The molecule has 2 aromatic carbocycles. The average Bonchev–Trinajstić information content (AvgIpc) is 2.26. The largest absolute Gasteiger partial charge is 0.457 e. The van der Waals surface area contributed by atoms with Gasteiger partial charge < -0.3 is 10.5 Å². The molecule has 2 N–H and O–H groups in total. The number of hydrogen-bond donors (Lipinski definition) is 1. The van der Waals surface area contributed by atoms with Crippen LogP contribution in [-0.4, -0.2) is 0 Å². The van der Waals surface area contributed by atoms with Crippen molar-refractivity contribution in [2.45, 2.75) is 13.0 Å². The first kappa shape index (κ1) is 14.7. The van der Waals surface area contributed by atoms with E-state index in [4.69, 9.17) is 33.7 Å². The van der Waals surface area contributed by atoms with Crippen LogP contribution in [0.3, 0.4) is 0 Å². The van der Waals surface area contributed by atoms with E-state index in [1.54, 1.807) is 18.2 Å². The Kier molecular flexibility index (Phi) is 4.74. The summed E-state index contributed by atoms with van der Waals surface area (Å²) >= 11 is 15.3. The van der Waals surface area contributed by atoms with Gasteiger partial charge in [-0.2, -0.15) is 0 Å². The van der Waals surface area contributed by atoms with E-state index in [1.807, 2.05) is 25.1 Å². The fraction of sp³-hybridized carbons (Fsp3) is 0.143. The minimum absolute atomic E-state index is 0.127. The summed E-state index contributed by atoms with van der Waals surface area (Å²) in [6.45, 7) is 1.90. The van der Waals surface area contributed by atoms with Crippen molar-refractivity contribution >= 4 is 39.1 Å². The molecule has 0 amide bonds. The number of hydrogen-bond acceptors (Lipinski definition) is 2. The van der Waals surface area contributed by atoms with Gasteiger partial charge in [-0.1, -0.05) is 45.2 Å². The van der Waals surface area contributed by atoms with E-state index >= 15 is 0 Å². The van der Waals surface area contributed by atoms with Crippen LogP contribution in [0.2, 0.25) is 10.0 Å². The van der Waals surface area contributed by atoms with E-state index in [0.717, 1.165) is 10.0 Å². The van der Waals surface area contributed by atoms with Crippen molar-refractivity contribution in [1.29, 1.82) is 0 Å². The molecule has 0 radical (unpaired) electrons. The molecule has 100 valence electrons. The Morgan fingerprint density at radius 2 is 1.74 bits per heavy atom. The minimum Gasteiger partial charge on any atom is -0.457 e. The molecule has 0 aliphatic rings. The second-order valence-electron chi connectivity index (χ2n) is 4.18. The Balaban J connectivity index is 2.39. The molecule has 0 heterocycles. The Hall–Kier alpha value is -0.740. The van der Waals surface area contributed by atoms with E-state index in [1.165, 1.54) is 0 Å². The van der Waals surface area contributed by atoms with Crippen LogP contribution in [0.1, 0.15) is 18.5 Å². The van der Waals surface area contributed by atoms with Crippen LogP contribution in [0.25, 0.3) is 0 Å². The molecule has 0 saturated carbocycles. The maximum absolute atomic E-state index is 5.95. The molecule has 0 saturated heterocycles. The number of ether oxygens (including phenoxy) is 1. The number of benzene rings is 2.